The van der Waals surface area contributed by atoms with Crippen LogP contribution in [0.5, 0.6) is 0 Å². The van der Waals surface area contributed by atoms with Crippen LogP contribution >= 0.6 is 22.9 Å². The van der Waals surface area contributed by atoms with Gasteiger partial charge in [-0.3, -0.25) is 0 Å². The standard InChI is InChI=1S/C16H11ClN2O3S/c17-13-4-2-12(3-5-13)16-19-18-14(22-16)9-21-15(20)6-1-11-7-8-23-10-11/h1-8,10H,9H2/b6-1+. The molecule has 5 nitrogen and oxygen atoms in total. The maximum atomic E-state index is 11.6. The molecule has 0 aliphatic heterocycles. The summed E-state index contributed by atoms with van der Waals surface area (Å²) < 4.78 is 10.5. The summed E-state index contributed by atoms with van der Waals surface area (Å²) in [5.74, 6) is 0.108. The average Bonchev–Trinajstić information content (AvgIpc) is 3.23. The number of benzene rings is 1. The monoisotopic (exact) mass is 346 g/mol. The minimum Gasteiger partial charge on any atom is -0.452 e. The van der Waals surface area contributed by atoms with Gasteiger partial charge in [-0.05, 0) is 52.7 Å². The lowest BCUT2D eigenvalue weighted by Gasteiger charge is -1.97. The van der Waals surface area contributed by atoms with E-state index in [-0.39, 0.29) is 12.5 Å². The van der Waals surface area contributed by atoms with Crippen molar-refractivity contribution in [1.29, 1.82) is 0 Å². The largest absolute Gasteiger partial charge is 0.452 e. The molecule has 3 aromatic rings. The average molecular weight is 347 g/mol. The predicted molar refractivity (Wildman–Crippen MR) is 87.9 cm³/mol. The van der Waals surface area contributed by atoms with Crippen LogP contribution in [0.15, 0.2) is 51.6 Å². The molecule has 0 N–H and O–H groups in total. The quantitative estimate of drug-likeness (QED) is 0.511. The zero-order valence-corrected chi connectivity index (χ0v) is 13.4. The molecule has 2 aromatic heterocycles. The van der Waals surface area contributed by atoms with Crippen molar-refractivity contribution in [2.45, 2.75) is 6.61 Å². The molecule has 0 spiro atoms. The second-order valence-electron chi connectivity index (χ2n) is 4.51. The van der Waals surface area contributed by atoms with Crippen LogP contribution in [0.2, 0.25) is 5.02 Å². The SMILES string of the molecule is O=C(/C=C/c1ccsc1)OCc1nnc(-c2ccc(Cl)cc2)o1. The van der Waals surface area contributed by atoms with Crippen molar-refractivity contribution in [3.63, 3.8) is 0 Å². The highest BCUT2D eigenvalue weighted by Crippen LogP contribution is 2.20. The van der Waals surface area contributed by atoms with Gasteiger partial charge in [0.2, 0.25) is 5.89 Å². The van der Waals surface area contributed by atoms with Gasteiger partial charge in [0, 0.05) is 16.7 Å². The van der Waals surface area contributed by atoms with Crippen LogP contribution in [0, 0.1) is 0 Å². The Balaban J connectivity index is 1.57. The molecule has 0 unspecified atom stereocenters. The second kappa shape index (κ2) is 7.21. The van der Waals surface area contributed by atoms with E-state index in [1.54, 1.807) is 41.7 Å². The van der Waals surface area contributed by atoms with Crippen LogP contribution in [0.1, 0.15) is 11.5 Å². The van der Waals surface area contributed by atoms with Crippen LogP contribution in [-0.4, -0.2) is 16.2 Å². The zero-order valence-electron chi connectivity index (χ0n) is 11.8. The zero-order chi connectivity index (χ0) is 16.1. The van der Waals surface area contributed by atoms with Gasteiger partial charge in [-0.2, -0.15) is 11.3 Å². The lowest BCUT2D eigenvalue weighted by molar-refractivity contribution is -0.139. The third kappa shape index (κ3) is 4.28. The molecule has 7 heteroatoms. The maximum Gasteiger partial charge on any atom is 0.331 e. The molecule has 116 valence electrons. The number of hydrogen-bond donors (Lipinski definition) is 0. The van der Waals surface area contributed by atoms with Gasteiger partial charge in [-0.15, -0.1) is 10.2 Å². The molecule has 1 aromatic carbocycles. The first-order valence-corrected chi connectivity index (χ1v) is 7.98. The van der Waals surface area contributed by atoms with E-state index in [1.165, 1.54) is 6.08 Å². The summed E-state index contributed by atoms with van der Waals surface area (Å²) in [6.45, 7) is -0.0760. The van der Waals surface area contributed by atoms with Gasteiger partial charge in [-0.1, -0.05) is 11.6 Å². The molecule has 2 heterocycles. The minimum absolute atomic E-state index is 0.0760. The molecule has 0 saturated carbocycles. The second-order valence-corrected chi connectivity index (χ2v) is 5.72. The van der Waals surface area contributed by atoms with E-state index in [1.807, 2.05) is 16.8 Å². The summed E-state index contributed by atoms with van der Waals surface area (Å²) in [5.41, 5.74) is 1.70. The number of thiophene rings is 1. The van der Waals surface area contributed by atoms with E-state index in [4.69, 9.17) is 20.8 Å². The van der Waals surface area contributed by atoms with Gasteiger partial charge in [0.05, 0.1) is 0 Å². The topological polar surface area (TPSA) is 65.2 Å². The molecule has 0 bridgehead atoms. The van der Waals surface area contributed by atoms with Gasteiger partial charge in [0.25, 0.3) is 5.89 Å². The Labute approximate surface area is 141 Å². The summed E-state index contributed by atoms with van der Waals surface area (Å²) >= 11 is 7.38. The summed E-state index contributed by atoms with van der Waals surface area (Å²) in [7, 11) is 0. The molecule has 0 aliphatic carbocycles. The van der Waals surface area contributed by atoms with Crippen molar-refractivity contribution in [3.8, 4) is 11.5 Å². The fourth-order valence-electron chi connectivity index (χ4n) is 1.74. The lowest BCUT2D eigenvalue weighted by atomic mass is 10.2. The van der Waals surface area contributed by atoms with Gasteiger partial charge in [0.1, 0.15) is 0 Å². The summed E-state index contributed by atoms with van der Waals surface area (Å²) in [5, 5.41) is 12.2. The number of carbonyl (C=O) groups excluding carboxylic acids is 1. The van der Waals surface area contributed by atoms with Crippen molar-refractivity contribution >= 4 is 35.0 Å². The molecule has 3 rings (SSSR count). The Kier molecular flexibility index (Phi) is 4.85. The van der Waals surface area contributed by atoms with Crippen molar-refractivity contribution in [2.75, 3.05) is 0 Å². The van der Waals surface area contributed by atoms with Crippen LogP contribution in [0.4, 0.5) is 0 Å². The van der Waals surface area contributed by atoms with E-state index in [0.717, 1.165) is 11.1 Å². The Morgan fingerprint density at radius 1 is 1.26 bits per heavy atom. The molecular formula is C16H11ClN2O3S. The molecule has 0 saturated heterocycles. The number of hydrogen-bond acceptors (Lipinski definition) is 6. The van der Waals surface area contributed by atoms with Crippen LogP contribution < -0.4 is 0 Å². The van der Waals surface area contributed by atoms with E-state index in [2.05, 4.69) is 10.2 Å². The smallest absolute Gasteiger partial charge is 0.331 e. The maximum absolute atomic E-state index is 11.6. The van der Waals surface area contributed by atoms with Crippen molar-refractivity contribution in [2.24, 2.45) is 0 Å². The molecular weight excluding hydrogens is 336 g/mol. The summed E-state index contributed by atoms with van der Waals surface area (Å²) in [6.07, 6.45) is 3.05. The molecule has 0 atom stereocenters. The molecule has 0 amide bonds. The van der Waals surface area contributed by atoms with Crippen LogP contribution in [-0.2, 0) is 16.1 Å². The predicted octanol–water partition coefficient (Wildman–Crippen LogP) is 4.21. The Bertz CT molecular complexity index is 810. The number of halogens is 1. The highest BCUT2D eigenvalue weighted by molar-refractivity contribution is 7.08. The first-order chi connectivity index (χ1) is 11.2. The highest BCUT2D eigenvalue weighted by Gasteiger charge is 2.10. The molecule has 0 radical (unpaired) electrons. The first kappa shape index (κ1) is 15.5. The normalized spacial score (nSPS) is 11.0. The third-order valence-electron chi connectivity index (χ3n) is 2.85. The number of nitrogens with zero attached hydrogens (tertiary/aromatic N) is 2. The number of carbonyl (C=O) groups is 1. The summed E-state index contributed by atoms with van der Waals surface area (Å²) in [4.78, 5) is 11.6. The van der Waals surface area contributed by atoms with Gasteiger partial charge < -0.3 is 9.15 Å². The fraction of sp³-hybridized carbons (Fsp3) is 0.0625. The summed E-state index contributed by atoms with van der Waals surface area (Å²) in [6, 6.07) is 8.92. The van der Waals surface area contributed by atoms with Gasteiger partial charge in [-0.25, -0.2) is 4.79 Å². The molecule has 23 heavy (non-hydrogen) atoms. The Hall–Kier alpha value is -2.44. The minimum atomic E-state index is -0.470. The van der Waals surface area contributed by atoms with Gasteiger partial charge >= 0.3 is 5.97 Å². The Morgan fingerprint density at radius 3 is 2.83 bits per heavy atom. The highest BCUT2D eigenvalue weighted by atomic mass is 35.5. The van der Waals surface area contributed by atoms with E-state index >= 15 is 0 Å². The van der Waals surface area contributed by atoms with Crippen molar-refractivity contribution < 1.29 is 13.9 Å². The number of esters is 1. The first-order valence-electron chi connectivity index (χ1n) is 6.66. The number of rotatable bonds is 5. The molecule has 0 fully saturated rings. The lowest BCUT2D eigenvalue weighted by Crippen LogP contribution is -2.00. The van der Waals surface area contributed by atoms with E-state index in [9.17, 15) is 4.79 Å². The Morgan fingerprint density at radius 2 is 2.09 bits per heavy atom. The van der Waals surface area contributed by atoms with Crippen LogP contribution in [0.3, 0.4) is 0 Å². The van der Waals surface area contributed by atoms with Crippen molar-refractivity contribution in [1.82, 2.24) is 10.2 Å². The van der Waals surface area contributed by atoms with Crippen LogP contribution in [0.25, 0.3) is 17.5 Å². The van der Waals surface area contributed by atoms with Crippen molar-refractivity contribution in [3.05, 3.63) is 63.6 Å². The number of ether oxygens (including phenoxy) is 1. The number of aromatic nitrogens is 2. The fourth-order valence-corrected chi connectivity index (χ4v) is 2.49. The third-order valence-corrected chi connectivity index (χ3v) is 3.80. The van der Waals surface area contributed by atoms with E-state index < -0.39 is 5.97 Å². The van der Waals surface area contributed by atoms with E-state index in [0.29, 0.717) is 10.9 Å². The van der Waals surface area contributed by atoms with Gasteiger partial charge in [0.15, 0.2) is 6.61 Å². The molecule has 0 aliphatic rings.